The number of fused-ring (bicyclic) bond motifs is 1. The van der Waals surface area contributed by atoms with Crippen molar-refractivity contribution in [1.29, 1.82) is 0 Å². The maximum absolute atomic E-state index is 12.4. The summed E-state index contributed by atoms with van der Waals surface area (Å²) in [5, 5.41) is 4.24. The van der Waals surface area contributed by atoms with E-state index in [-0.39, 0.29) is 12.2 Å². The number of ether oxygens (including phenoxy) is 2. The average Bonchev–Trinajstić information content (AvgIpc) is 2.72. The summed E-state index contributed by atoms with van der Waals surface area (Å²) in [4.78, 5) is 36.6. The minimum Gasteiger partial charge on any atom is -0.462 e. The molecule has 3 aromatic rings. The Balaban J connectivity index is 1.66. The second kappa shape index (κ2) is 8.81. The van der Waals surface area contributed by atoms with Crippen molar-refractivity contribution in [3.05, 3.63) is 77.9 Å². The lowest BCUT2D eigenvalue weighted by Crippen LogP contribution is -2.22. The van der Waals surface area contributed by atoms with Crippen LogP contribution in [-0.2, 0) is 14.3 Å². The first-order chi connectivity index (χ1) is 13.6. The largest absolute Gasteiger partial charge is 0.462 e. The van der Waals surface area contributed by atoms with Gasteiger partial charge in [0.25, 0.3) is 5.91 Å². The van der Waals surface area contributed by atoms with Gasteiger partial charge in [-0.25, -0.2) is 9.59 Å². The monoisotopic (exact) mass is 377 g/mol. The molecular formula is C22H19NO5. The van der Waals surface area contributed by atoms with E-state index >= 15 is 0 Å². The fourth-order valence-corrected chi connectivity index (χ4v) is 2.78. The molecule has 6 nitrogen and oxygen atoms in total. The third kappa shape index (κ3) is 4.35. The highest BCUT2D eigenvalue weighted by atomic mass is 16.5. The molecule has 1 amide bonds. The maximum Gasteiger partial charge on any atom is 0.340 e. The molecular weight excluding hydrogens is 358 g/mol. The van der Waals surface area contributed by atoms with E-state index in [1.807, 2.05) is 30.3 Å². The van der Waals surface area contributed by atoms with Gasteiger partial charge in [-0.1, -0.05) is 48.5 Å². The van der Waals surface area contributed by atoms with Gasteiger partial charge in [0.15, 0.2) is 6.61 Å². The zero-order valence-corrected chi connectivity index (χ0v) is 15.3. The Hall–Kier alpha value is -3.67. The molecule has 3 aromatic carbocycles. The van der Waals surface area contributed by atoms with Crippen LogP contribution in [0, 0.1) is 0 Å². The fourth-order valence-electron chi connectivity index (χ4n) is 2.78. The summed E-state index contributed by atoms with van der Waals surface area (Å²) < 4.78 is 10.1. The molecule has 0 atom stereocenters. The van der Waals surface area contributed by atoms with Crippen molar-refractivity contribution >= 4 is 34.3 Å². The smallest absolute Gasteiger partial charge is 0.340 e. The highest BCUT2D eigenvalue weighted by molar-refractivity contribution is 6.06. The number of esters is 2. The van der Waals surface area contributed by atoms with Crippen molar-refractivity contribution in [1.82, 2.24) is 0 Å². The van der Waals surface area contributed by atoms with E-state index in [1.54, 1.807) is 43.3 Å². The van der Waals surface area contributed by atoms with Gasteiger partial charge in [0.2, 0.25) is 0 Å². The highest BCUT2D eigenvalue weighted by Crippen LogP contribution is 2.19. The first kappa shape index (κ1) is 19.1. The molecule has 0 aliphatic rings. The minimum atomic E-state index is -0.592. The molecule has 142 valence electrons. The van der Waals surface area contributed by atoms with Gasteiger partial charge in [-0.15, -0.1) is 0 Å². The van der Waals surface area contributed by atoms with Crippen molar-refractivity contribution in [2.24, 2.45) is 0 Å². The van der Waals surface area contributed by atoms with E-state index in [1.165, 1.54) is 0 Å². The average molecular weight is 377 g/mol. The van der Waals surface area contributed by atoms with Crippen LogP contribution in [0.2, 0.25) is 0 Å². The zero-order valence-electron chi connectivity index (χ0n) is 15.3. The summed E-state index contributed by atoms with van der Waals surface area (Å²) in [5.74, 6) is -1.68. The van der Waals surface area contributed by atoms with Gasteiger partial charge in [-0.05, 0) is 35.9 Å². The second-order valence-corrected chi connectivity index (χ2v) is 5.92. The van der Waals surface area contributed by atoms with E-state index in [0.717, 1.165) is 10.8 Å². The molecule has 0 aliphatic carbocycles. The van der Waals surface area contributed by atoms with E-state index < -0.39 is 24.5 Å². The molecule has 0 saturated heterocycles. The molecule has 0 aromatic heterocycles. The van der Waals surface area contributed by atoms with Gasteiger partial charge in [0, 0.05) is 0 Å². The molecule has 0 saturated carbocycles. The number of para-hydroxylation sites is 1. The van der Waals surface area contributed by atoms with Gasteiger partial charge < -0.3 is 14.8 Å². The number of hydrogen-bond donors (Lipinski definition) is 1. The number of amides is 1. The van der Waals surface area contributed by atoms with Gasteiger partial charge in [-0.3, -0.25) is 4.79 Å². The molecule has 0 unspecified atom stereocenters. The van der Waals surface area contributed by atoms with Crippen LogP contribution < -0.4 is 5.32 Å². The van der Waals surface area contributed by atoms with E-state index in [4.69, 9.17) is 9.47 Å². The quantitative estimate of drug-likeness (QED) is 0.661. The topological polar surface area (TPSA) is 81.7 Å². The van der Waals surface area contributed by atoms with Crippen LogP contribution in [0.1, 0.15) is 27.6 Å². The highest BCUT2D eigenvalue weighted by Gasteiger charge is 2.16. The molecule has 0 heterocycles. The van der Waals surface area contributed by atoms with Gasteiger partial charge in [0.05, 0.1) is 23.4 Å². The van der Waals surface area contributed by atoms with Crippen molar-refractivity contribution in [2.45, 2.75) is 6.92 Å². The number of benzene rings is 3. The predicted octanol–water partition coefficient (Wildman–Crippen LogP) is 3.81. The fraction of sp³-hybridized carbons (Fsp3) is 0.136. The summed E-state index contributed by atoms with van der Waals surface area (Å²) in [7, 11) is 0. The van der Waals surface area contributed by atoms with Gasteiger partial charge in [-0.2, -0.15) is 0 Å². The molecule has 0 spiro atoms. The van der Waals surface area contributed by atoms with Crippen LogP contribution >= 0.6 is 0 Å². The number of rotatable bonds is 6. The number of anilines is 1. The van der Waals surface area contributed by atoms with Crippen LogP contribution in [0.4, 0.5) is 5.69 Å². The normalized spacial score (nSPS) is 10.3. The van der Waals surface area contributed by atoms with Crippen molar-refractivity contribution < 1.29 is 23.9 Å². The Kier molecular flexibility index (Phi) is 6.01. The summed E-state index contributed by atoms with van der Waals surface area (Å²) >= 11 is 0. The van der Waals surface area contributed by atoms with Gasteiger partial charge >= 0.3 is 11.9 Å². The molecule has 6 heteroatoms. The van der Waals surface area contributed by atoms with Gasteiger partial charge in [0.1, 0.15) is 0 Å². The summed E-state index contributed by atoms with van der Waals surface area (Å²) in [5.41, 5.74) is 0.920. The Bertz CT molecular complexity index is 1020. The lowest BCUT2D eigenvalue weighted by molar-refractivity contribution is -0.119. The Labute approximate surface area is 162 Å². The van der Waals surface area contributed by atoms with Crippen LogP contribution in [0.3, 0.4) is 0 Å². The number of nitrogens with one attached hydrogen (secondary N) is 1. The molecule has 28 heavy (non-hydrogen) atoms. The Morgan fingerprint density at radius 1 is 0.786 bits per heavy atom. The Morgan fingerprint density at radius 3 is 2.25 bits per heavy atom. The van der Waals surface area contributed by atoms with E-state index in [2.05, 4.69) is 5.32 Å². The molecule has 0 radical (unpaired) electrons. The van der Waals surface area contributed by atoms with E-state index in [0.29, 0.717) is 11.3 Å². The third-order valence-electron chi connectivity index (χ3n) is 4.04. The lowest BCUT2D eigenvalue weighted by Gasteiger charge is -2.11. The number of hydrogen-bond acceptors (Lipinski definition) is 5. The number of carbonyl (C=O) groups is 3. The van der Waals surface area contributed by atoms with Crippen molar-refractivity contribution in [3.8, 4) is 0 Å². The molecule has 3 rings (SSSR count). The zero-order chi connectivity index (χ0) is 19.9. The first-order valence-electron chi connectivity index (χ1n) is 8.81. The SMILES string of the molecule is CCOC(=O)c1ccccc1NC(=O)COC(=O)c1cccc2ccccc12. The van der Waals surface area contributed by atoms with Crippen molar-refractivity contribution in [3.63, 3.8) is 0 Å². The third-order valence-corrected chi connectivity index (χ3v) is 4.04. The van der Waals surface area contributed by atoms with Crippen LogP contribution in [0.15, 0.2) is 66.7 Å². The summed E-state index contributed by atoms with van der Waals surface area (Å²) in [6.45, 7) is 1.45. The second-order valence-electron chi connectivity index (χ2n) is 5.92. The minimum absolute atomic E-state index is 0.226. The molecule has 0 fully saturated rings. The molecule has 0 aliphatic heterocycles. The lowest BCUT2D eigenvalue weighted by atomic mass is 10.1. The number of carbonyl (C=O) groups excluding carboxylic acids is 3. The Morgan fingerprint density at radius 2 is 1.43 bits per heavy atom. The first-order valence-corrected chi connectivity index (χ1v) is 8.81. The van der Waals surface area contributed by atoms with E-state index in [9.17, 15) is 14.4 Å². The predicted molar refractivity (Wildman–Crippen MR) is 105 cm³/mol. The van der Waals surface area contributed by atoms with Crippen molar-refractivity contribution in [2.75, 3.05) is 18.5 Å². The van der Waals surface area contributed by atoms with Crippen LogP contribution in [0.25, 0.3) is 10.8 Å². The molecule has 0 bridgehead atoms. The standard InChI is InChI=1S/C22H19NO5/c1-2-27-22(26)18-11-5-6-13-19(18)23-20(24)14-28-21(25)17-12-7-9-15-8-3-4-10-16(15)17/h3-13H,2,14H2,1H3,(H,23,24). The summed E-state index contributed by atoms with van der Waals surface area (Å²) in [6, 6.07) is 19.2. The summed E-state index contributed by atoms with van der Waals surface area (Å²) in [6.07, 6.45) is 0. The maximum atomic E-state index is 12.4. The van der Waals surface area contributed by atoms with Crippen LogP contribution in [-0.4, -0.2) is 31.1 Å². The van der Waals surface area contributed by atoms with Crippen LogP contribution in [0.5, 0.6) is 0 Å². The molecule has 1 N–H and O–H groups in total.